The zero-order valence-electron chi connectivity index (χ0n) is 14.2. The van der Waals surface area contributed by atoms with E-state index in [1.807, 2.05) is 25.1 Å². The van der Waals surface area contributed by atoms with E-state index < -0.39 is 11.0 Å². The van der Waals surface area contributed by atoms with Crippen molar-refractivity contribution in [3.63, 3.8) is 0 Å². The van der Waals surface area contributed by atoms with E-state index in [2.05, 4.69) is 10.6 Å². The minimum absolute atomic E-state index is 0.0251. The van der Waals surface area contributed by atoms with Crippen LogP contribution in [0.15, 0.2) is 42.5 Å². The molecule has 0 aliphatic rings. The Morgan fingerprint density at radius 3 is 2.48 bits per heavy atom. The van der Waals surface area contributed by atoms with Crippen molar-refractivity contribution < 1.29 is 9.72 Å². The zero-order valence-corrected chi connectivity index (χ0v) is 15.0. The zero-order chi connectivity index (χ0) is 18.6. The van der Waals surface area contributed by atoms with Crippen LogP contribution in [0.3, 0.4) is 0 Å². The van der Waals surface area contributed by atoms with Crippen molar-refractivity contribution in [1.82, 2.24) is 5.32 Å². The Kier molecular flexibility index (Phi) is 6.12. The van der Waals surface area contributed by atoms with Crippen LogP contribution in [0.2, 0.25) is 5.02 Å². The Hall–Kier alpha value is -2.44. The minimum atomic E-state index is -0.509. The van der Waals surface area contributed by atoms with Gasteiger partial charge in [0.05, 0.1) is 22.2 Å². The average Bonchev–Trinajstić information content (AvgIpc) is 2.56. The van der Waals surface area contributed by atoms with E-state index in [0.717, 1.165) is 5.56 Å². The third kappa shape index (κ3) is 4.55. The van der Waals surface area contributed by atoms with E-state index in [-0.39, 0.29) is 17.6 Å². The van der Waals surface area contributed by atoms with Crippen molar-refractivity contribution in [2.45, 2.75) is 32.9 Å². The van der Waals surface area contributed by atoms with Gasteiger partial charge in [0, 0.05) is 17.1 Å². The first-order valence-corrected chi connectivity index (χ1v) is 8.24. The third-order valence-electron chi connectivity index (χ3n) is 4.02. The highest BCUT2D eigenvalue weighted by Gasteiger charge is 2.20. The molecule has 0 radical (unpaired) electrons. The van der Waals surface area contributed by atoms with Crippen LogP contribution in [-0.2, 0) is 4.79 Å². The van der Waals surface area contributed by atoms with Crippen molar-refractivity contribution in [3.05, 3.63) is 68.7 Å². The third-order valence-corrected chi connectivity index (χ3v) is 4.37. The van der Waals surface area contributed by atoms with E-state index in [4.69, 9.17) is 11.6 Å². The summed E-state index contributed by atoms with van der Waals surface area (Å²) in [4.78, 5) is 23.0. The highest BCUT2D eigenvalue weighted by molar-refractivity contribution is 6.31. The quantitative estimate of drug-likeness (QED) is 0.595. The van der Waals surface area contributed by atoms with Crippen molar-refractivity contribution in [3.8, 4) is 0 Å². The number of hydrogen-bond donors (Lipinski definition) is 2. The molecule has 0 bridgehead atoms. The number of rotatable bonds is 6. The maximum Gasteiger partial charge on any atom is 0.274 e. The van der Waals surface area contributed by atoms with E-state index in [1.165, 1.54) is 6.07 Å². The predicted molar refractivity (Wildman–Crippen MR) is 98.9 cm³/mol. The summed E-state index contributed by atoms with van der Waals surface area (Å²) in [6.07, 6.45) is 0. The maximum absolute atomic E-state index is 12.4. The Labute approximate surface area is 151 Å². The number of nitro benzene ring substituents is 1. The van der Waals surface area contributed by atoms with Crippen LogP contribution in [-0.4, -0.2) is 16.9 Å². The molecule has 0 aliphatic heterocycles. The number of carbonyl (C=O) groups excluding carboxylic acids is 1. The second kappa shape index (κ2) is 8.09. The van der Waals surface area contributed by atoms with Gasteiger partial charge in [-0.2, -0.15) is 0 Å². The van der Waals surface area contributed by atoms with Gasteiger partial charge in [-0.1, -0.05) is 35.9 Å². The molecule has 0 heterocycles. The van der Waals surface area contributed by atoms with Crippen molar-refractivity contribution in [2.24, 2.45) is 0 Å². The van der Waals surface area contributed by atoms with E-state index >= 15 is 0 Å². The number of nitrogens with zero attached hydrogens (tertiary/aromatic N) is 1. The van der Waals surface area contributed by atoms with Crippen LogP contribution in [0.1, 0.15) is 31.0 Å². The summed E-state index contributed by atoms with van der Waals surface area (Å²) in [5.74, 6) is -0.275. The lowest BCUT2D eigenvalue weighted by Crippen LogP contribution is -2.39. The molecule has 0 spiro atoms. The number of hydrogen-bond acceptors (Lipinski definition) is 4. The molecule has 2 N–H and O–H groups in total. The fourth-order valence-corrected chi connectivity index (χ4v) is 2.86. The van der Waals surface area contributed by atoms with Crippen molar-refractivity contribution in [1.29, 1.82) is 0 Å². The molecule has 2 aromatic carbocycles. The van der Waals surface area contributed by atoms with Crippen LogP contribution < -0.4 is 10.6 Å². The monoisotopic (exact) mass is 361 g/mol. The standard InChI is InChI=1S/C18H20ClN3O3/c1-11-16(9-6-10-17(11)22(24)25)21-18(23)13(3)20-12(2)14-7-4-5-8-15(14)19/h4-10,12-13,20H,1-3H3,(H,21,23). The molecule has 0 fully saturated rings. The molecular formula is C18H20ClN3O3. The molecule has 2 rings (SSSR count). The van der Waals surface area contributed by atoms with Crippen LogP contribution >= 0.6 is 11.6 Å². The average molecular weight is 362 g/mol. The molecular weight excluding hydrogens is 342 g/mol. The second-order valence-electron chi connectivity index (χ2n) is 5.83. The molecule has 0 saturated carbocycles. The second-order valence-corrected chi connectivity index (χ2v) is 6.23. The molecule has 7 heteroatoms. The van der Waals surface area contributed by atoms with E-state index in [1.54, 1.807) is 32.0 Å². The van der Waals surface area contributed by atoms with Gasteiger partial charge in [0.1, 0.15) is 0 Å². The maximum atomic E-state index is 12.4. The number of anilines is 1. The summed E-state index contributed by atoms with van der Waals surface area (Å²) < 4.78 is 0. The van der Waals surface area contributed by atoms with Crippen LogP contribution in [0.25, 0.3) is 0 Å². The Morgan fingerprint density at radius 2 is 1.84 bits per heavy atom. The van der Waals surface area contributed by atoms with Gasteiger partial charge in [0.25, 0.3) is 5.69 Å². The highest BCUT2D eigenvalue weighted by Crippen LogP contribution is 2.26. The largest absolute Gasteiger partial charge is 0.324 e. The van der Waals surface area contributed by atoms with Gasteiger partial charge in [0.2, 0.25) is 5.91 Å². The van der Waals surface area contributed by atoms with Gasteiger partial charge in [-0.25, -0.2) is 0 Å². The van der Waals surface area contributed by atoms with Crippen LogP contribution in [0.4, 0.5) is 11.4 Å². The highest BCUT2D eigenvalue weighted by atomic mass is 35.5. The Balaban J connectivity index is 2.07. The molecule has 132 valence electrons. The predicted octanol–water partition coefficient (Wildman–Crippen LogP) is 4.23. The lowest BCUT2D eigenvalue weighted by molar-refractivity contribution is -0.385. The van der Waals surface area contributed by atoms with Gasteiger partial charge >= 0.3 is 0 Å². The molecule has 0 aromatic heterocycles. The number of halogens is 1. The summed E-state index contributed by atoms with van der Waals surface area (Å²) in [5.41, 5.74) is 1.73. The summed E-state index contributed by atoms with van der Waals surface area (Å²) in [5, 5.41) is 17.5. The molecule has 0 aliphatic carbocycles. The molecule has 2 atom stereocenters. The number of carbonyl (C=O) groups is 1. The smallest absolute Gasteiger partial charge is 0.274 e. The Bertz CT molecular complexity index is 795. The summed E-state index contributed by atoms with van der Waals surface area (Å²) in [6, 6.07) is 11.4. The fourth-order valence-electron chi connectivity index (χ4n) is 2.56. The van der Waals surface area contributed by atoms with Crippen LogP contribution in [0.5, 0.6) is 0 Å². The van der Waals surface area contributed by atoms with Crippen LogP contribution in [0, 0.1) is 17.0 Å². The molecule has 0 saturated heterocycles. The molecule has 6 nitrogen and oxygen atoms in total. The lowest BCUT2D eigenvalue weighted by atomic mass is 10.1. The van der Waals surface area contributed by atoms with Gasteiger partial charge in [-0.15, -0.1) is 0 Å². The molecule has 2 aromatic rings. The number of benzene rings is 2. The van der Waals surface area contributed by atoms with Crippen molar-refractivity contribution in [2.75, 3.05) is 5.32 Å². The molecule has 25 heavy (non-hydrogen) atoms. The normalized spacial score (nSPS) is 13.1. The van der Waals surface area contributed by atoms with E-state index in [9.17, 15) is 14.9 Å². The summed E-state index contributed by atoms with van der Waals surface area (Å²) in [7, 11) is 0. The minimum Gasteiger partial charge on any atom is -0.324 e. The number of nitro groups is 1. The summed E-state index contributed by atoms with van der Waals surface area (Å²) in [6.45, 7) is 5.26. The number of amides is 1. The topological polar surface area (TPSA) is 84.3 Å². The SMILES string of the molecule is Cc1c(NC(=O)C(C)NC(C)c2ccccc2Cl)cccc1[N+](=O)[O-]. The van der Waals surface area contributed by atoms with Gasteiger partial charge in [0.15, 0.2) is 0 Å². The fraction of sp³-hybridized carbons (Fsp3) is 0.278. The van der Waals surface area contributed by atoms with Gasteiger partial charge in [-0.05, 0) is 38.5 Å². The molecule has 1 amide bonds. The Morgan fingerprint density at radius 1 is 1.16 bits per heavy atom. The summed E-state index contributed by atoms with van der Waals surface area (Å²) >= 11 is 6.18. The van der Waals surface area contributed by atoms with Gasteiger partial charge < -0.3 is 5.32 Å². The molecule has 2 unspecified atom stereocenters. The first kappa shape index (κ1) is 18.9. The van der Waals surface area contributed by atoms with E-state index in [0.29, 0.717) is 16.3 Å². The lowest BCUT2D eigenvalue weighted by Gasteiger charge is -2.21. The first-order valence-electron chi connectivity index (χ1n) is 7.86. The first-order chi connectivity index (χ1) is 11.8. The van der Waals surface area contributed by atoms with Crippen molar-refractivity contribution >= 4 is 28.9 Å². The number of nitrogens with one attached hydrogen (secondary N) is 2. The van der Waals surface area contributed by atoms with Gasteiger partial charge in [-0.3, -0.25) is 20.2 Å².